The third kappa shape index (κ3) is 16.8. The number of nitrogens with zero attached hydrogens (tertiary/aromatic N) is 8. The average molecular weight is 621 g/mol. The van der Waals surface area contributed by atoms with Gasteiger partial charge in [-0.15, -0.1) is 10.2 Å². The van der Waals surface area contributed by atoms with E-state index in [2.05, 4.69) is 46.3 Å². The van der Waals surface area contributed by atoms with Crippen LogP contribution in [0, 0.1) is 0 Å². The summed E-state index contributed by atoms with van der Waals surface area (Å²) in [5.74, 6) is 0.622. The summed E-state index contributed by atoms with van der Waals surface area (Å²) < 4.78 is 5.14. The predicted octanol–water partition coefficient (Wildman–Crippen LogP) is -0.141. The van der Waals surface area contributed by atoms with Crippen molar-refractivity contribution >= 4 is 35.4 Å². The summed E-state index contributed by atoms with van der Waals surface area (Å²) in [5, 5.41) is 25.5. The summed E-state index contributed by atoms with van der Waals surface area (Å²) in [6.45, 7) is 7.01. The number of carbonyl (C=O) groups is 2. The summed E-state index contributed by atoms with van der Waals surface area (Å²) in [4.78, 5) is 35.4. The van der Waals surface area contributed by atoms with Crippen molar-refractivity contribution in [1.29, 1.82) is 0 Å². The smallest absolute Gasteiger partial charge is 0.332 e. The van der Waals surface area contributed by atoms with Crippen molar-refractivity contribution in [1.82, 2.24) is 35.3 Å². The molecule has 18 nitrogen and oxygen atoms in total. The number of aliphatic imine (C=N–C) groups is 2. The Morgan fingerprint density at radius 2 is 1.43 bits per heavy atom. The third-order valence-corrected chi connectivity index (χ3v) is 5.67. The van der Waals surface area contributed by atoms with Crippen LogP contribution >= 0.6 is 0 Å². The lowest BCUT2D eigenvalue weighted by Gasteiger charge is -2.11. The number of carbonyl (C=O) groups excluding carboxylic acids is 2. The fourth-order valence-corrected chi connectivity index (χ4v) is 3.55. The van der Waals surface area contributed by atoms with Crippen molar-refractivity contribution in [2.24, 2.45) is 27.2 Å². The molecule has 18 heteroatoms. The molecule has 2 heterocycles. The molecule has 1 unspecified atom stereocenters. The number of hydrogen-bond acceptors (Lipinski definition) is 10. The van der Waals surface area contributed by atoms with Crippen molar-refractivity contribution < 1.29 is 19.8 Å². The number of nitrogens with two attached hydrogens (primary N) is 3. The molecular weight excluding hydrogens is 572 g/mol. The molecule has 0 saturated carbocycles. The molecule has 2 aromatic rings. The maximum atomic E-state index is 12.0. The van der Waals surface area contributed by atoms with E-state index in [1.807, 2.05) is 13.8 Å². The van der Waals surface area contributed by atoms with Gasteiger partial charge >= 0.3 is 5.97 Å². The lowest BCUT2D eigenvalue weighted by atomic mass is 10.2. The van der Waals surface area contributed by atoms with Gasteiger partial charge in [0.05, 0.1) is 25.5 Å². The molecule has 0 spiro atoms. The van der Waals surface area contributed by atoms with Gasteiger partial charge < -0.3 is 37.6 Å². The Bertz CT molecular complexity index is 1190. The first kappa shape index (κ1) is 37.4. The van der Waals surface area contributed by atoms with Crippen LogP contribution in [0.1, 0.15) is 65.2 Å². The van der Waals surface area contributed by atoms with Crippen LogP contribution in [0.15, 0.2) is 34.5 Å². The van der Waals surface area contributed by atoms with E-state index in [4.69, 9.17) is 21.9 Å². The SMILES string of the molecule is CCCN=C(N)Nc1cnn(CCCCCNC(=O)/C=C\C(=O)OC(N)CCCCn2ncc(NC(N)=NCCC)n2)n1.O. The molecule has 2 rings (SSSR count). The minimum absolute atomic E-state index is 0. The first-order chi connectivity index (χ1) is 20.8. The molecule has 44 heavy (non-hydrogen) atoms. The van der Waals surface area contributed by atoms with Crippen LogP contribution in [-0.4, -0.2) is 85.1 Å². The van der Waals surface area contributed by atoms with Crippen molar-refractivity contribution in [3.8, 4) is 0 Å². The van der Waals surface area contributed by atoms with E-state index in [-0.39, 0.29) is 11.4 Å². The Morgan fingerprint density at radius 1 is 0.886 bits per heavy atom. The van der Waals surface area contributed by atoms with Gasteiger partial charge in [0.1, 0.15) is 0 Å². The second kappa shape index (κ2) is 22.0. The number of ether oxygens (including phenoxy) is 1. The molecule has 2 aromatic heterocycles. The highest BCUT2D eigenvalue weighted by Gasteiger charge is 2.09. The zero-order chi connectivity index (χ0) is 31.3. The van der Waals surface area contributed by atoms with Gasteiger partial charge in [0.2, 0.25) is 5.91 Å². The van der Waals surface area contributed by atoms with Crippen molar-refractivity contribution in [3.05, 3.63) is 24.5 Å². The minimum atomic E-state index is -0.778. The molecule has 246 valence electrons. The second-order valence-corrected chi connectivity index (χ2v) is 9.59. The Balaban J connectivity index is 0.00000968. The molecule has 0 radical (unpaired) electrons. The number of amides is 1. The molecule has 0 aliphatic carbocycles. The van der Waals surface area contributed by atoms with Gasteiger partial charge in [-0.2, -0.15) is 19.8 Å². The number of nitrogens with one attached hydrogen (secondary N) is 3. The molecule has 11 N–H and O–H groups in total. The first-order valence-electron chi connectivity index (χ1n) is 14.6. The summed E-state index contributed by atoms with van der Waals surface area (Å²) in [6.07, 6.45) is 10.8. The highest BCUT2D eigenvalue weighted by atomic mass is 16.6. The van der Waals surface area contributed by atoms with Crippen LogP contribution in [0.5, 0.6) is 0 Å². The number of guanidine groups is 2. The van der Waals surface area contributed by atoms with Crippen LogP contribution in [-0.2, 0) is 27.4 Å². The van der Waals surface area contributed by atoms with Crippen LogP contribution in [0.2, 0.25) is 0 Å². The molecular formula is C26H48N14O4. The molecule has 0 saturated heterocycles. The van der Waals surface area contributed by atoms with Gasteiger partial charge in [-0.05, 0) is 51.4 Å². The molecule has 1 amide bonds. The summed E-state index contributed by atoms with van der Waals surface area (Å²) in [7, 11) is 0. The number of aromatic nitrogens is 6. The summed E-state index contributed by atoms with van der Waals surface area (Å²) in [5.41, 5.74) is 17.4. The largest absolute Gasteiger partial charge is 0.444 e. The molecule has 0 bridgehead atoms. The maximum absolute atomic E-state index is 12.0. The summed E-state index contributed by atoms with van der Waals surface area (Å²) >= 11 is 0. The first-order valence-corrected chi connectivity index (χ1v) is 14.6. The number of unbranched alkanes of at least 4 members (excludes halogenated alkanes) is 3. The predicted molar refractivity (Wildman–Crippen MR) is 168 cm³/mol. The number of hydrogen-bond donors (Lipinski definition) is 6. The van der Waals surface area contributed by atoms with Gasteiger partial charge in [0.25, 0.3) is 0 Å². The Hall–Kier alpha value is -4.58. The number of aryl methyl sites for hydroxylation is 2. The zero-order valence-electron chi connectivity index (χ0n) is 25.6. The van der Waals surface area contributed by atoms with Crippen LogP contribution in [0.25, 0.3) is 0 Å². The zero-order valence-corrected chi connectivity index (χ0v) is 25.6. The highest BCUT2D eigenvalue weighted by molar-refractivity contribution is 5.94. The van der Waals surface area contributed by atoms with Gasteiger partial charge in [0, 0.05) is 31.8 Å². The minimum Gasteiger partial charge on any atom is -0.444 e. The quantitative estimate of drug-likeness (QED) is 0.0282. The topological polar surface area (TPSA) is 275 Å². The number of rotatable bonds is 20. The average Bonchev–Trinajstić information content (AvgIpc) is 3.62. The highest BCUT2D eigenvalue weighted by Crippen LogP contribution is 2.05. The van der Waals surface area contributed by atoms with Crippen molar-refractivity contribution in [2.75, 3.05) is 30.3 Å². The van der Waals surface area contributed by atoms with Gasteiger partial charge in [-0.3, -0.25) is 20.5 Å². The molecule has 1 atom stereocenters. The van der Waals surface area contributed by atoms with E-state index in [0.29, 0.717) is 69.1 Å². The number of anilines is 2. The fraction of sp³-hybridized carbons (Fsp3) is 0.615. The maximum Gasteiger partial charge on any atom is 0.332 e. The van der Waals surface area contributed by atoms with E-state index >= 15 is 0 Å². The van der Waals surface area contributed by atoms with Gasteiger partial charge in [-0.1, -0.05) is 13.8 Å². The van der Waals surface area contributed by atoms with Crippen molar-refractivity contribution in [3.63, 3.8) is 0 Å². The fourth-order valence-electron chi connectivity index (χ4n) is 3.55. The monoisotopic (exact) mass is 620 g/mol. The van der Waals surface area contributed by atoms with E-state index < -0.39 is 12.2 Å². The molecule has 0 aliphatic rings. The Labute approximate surface area is 257 Å². The normalized spacial score (nSPS) is 12.5. The summed E-state index contributed by atoms with van der Waals surface area (Å²) in [6, 6.07) is 0. The Kier molecular flexibility index (Phi) is 18.7. The van der Waals surface area contributed by atoms with Crippen molar-refractivity contribution in [2.45, 2.75) is 84.5 Å². The Morgan fingerprint density at radius 3 is 1.98 bits per heavy atom. The van der Waals surface area contributed by atoms with E-state index in [1.165, 1.54) is 0 Å². The van der Waals surface area contributed by atoms with Crippen LogP contribution < -0.4 is 33.2 Å². The van der Waals surface area contributed by atoms with E-state index in [1.54, 1.807) is 22.0 Å². The van der Waals surface area contributed by atoms with Gasteiger partial charge in [-0.25, -0.2) is 4.79 Å². The molecule has 0 fully saturated rings. The van der Waals surface area contributed by atoms with Crippen LogP contribution in [0.4, 0.5) is 11.6 Å². The molecule has 0 aliphatic heterocycles. The standard InChI is InChI=1S/C26H46N14O3.H2O/c1-3-13-31-25(28)35-21-18-33-39(37-21)16-8-5-7-15-30-23(41)11-12-24(42)43-20(27)10-6-9-17-40-34-19-22(38-40)36-26(29)32-14-4-2;/h11-12,18-20H,3-10,13-17,27H2,1-2H3,(H,30,41)(H3,28,31,35,37)(H3,29,32,36,38);1H2/b12-11-;. The van der Waals surface area contributed by atoms with E-state index in [9.17, 15) is 9.59 Å². The molecule has 0 aromatic carbocycles. The van der Waals surface area contributed by atoms with Crippen LogP contribution in [0.3, 0.4) is 0 Å². The lowest BCUT2D eigenvalue weighted by molar-refractivity contribution is -0.143. The third-order valence-electron chi connectivity index (χ3n) is 5.67. The second-order valence-electron chi connectivity index (χ2n) is 9.59. The van der Waals surface area contributed by atoms with Gasteiger partial charge in [0.15, 0.2) is 29.8 Å². The lowest BCUT2D eigenvalue weighted by Crippen LogP contribution is -2.27. The number of esters is 1. The van der Waals surface area contributed by atoms with E-state index in [0.717, 1.165) is 50.7 Å².